The summed E-state index contributed by atoms with van der Waals surface area (Å²) in [7, 11) is 0. The molecular formula is C13H21N. The van der Waals surface area contributed by atoms with Crippen molar-refractivity contribution < 1.29 is 0 Å². The minimum Gasteiger partial charge on any atom is -0.193 e. The maximum atomic E-state index is 8.73. The van der Waals surface area contributed by atoms with E-state index in [9.17, 15) is 0 Å². The van der Waals surface area contributed by atoms with Gasteiger partial charge in [-0.15, -0.1) is 0 Å². The number of nitriles is 1. The molecule has 2 atom stereocenters. The number of hydrogen-bond acceptors (Lipinski definition) is 1. The van der Waals surface area contributed by atoms with E-state index in [1.807, 2.05) is 0 Å². The monoisotopic (exact) mass is 191 g/mol. The van der Waals surface area contributed by atoms with E-state index < -0.39 is 0 Å². The Morgan fingerprint density at radius 1 is 1.29 bits per heavy atom. The molecule has 0 saturated carbocycles. The van der Waals surface area contributed by atoms with E-state index in [1.165, 1.54) is 5.57 Å². The van der Waals surface area contributed by atoms with E-state index >= 15 is 0 Å². The Hall–Kier alpha value is -1.03. The van der Waals surface area contributed by atoms with Crippen molar-refractivity contribution in [2.24, 2.45) is 17.8 Å². The van der Waals surface area contributed by atoms with Gasteiger partial charge in [-0.2, -0.15) is 5.26 Å². The Kier molecular flexibility index (Phi) is 5.23. The third kappa shape index (κ3) is 3.79. The molecule has 78 valence electrons. The summed E-state index contributed by atoms with van der Waals surface area (Å²) < 4.78 is 0. The van der Waals surface area contributed by atoms with Crippen LogP contribution in [0.5, 0.6) is 0 Å². The molecule has 0 amide bonds. The average Bonchev–Trinajstić information content (AvgIpc) is 2.14. The zero-order chi connectivity index (χ0) is 11.3. The minimum absolute atomic E-state index is 0.244. The third-order valence-corrected chi connectivity index (χ3v) is 2.92. The van der Waals surface area contributed by atoms with Crippen molar-refractivity contribution in [1.29, 1.82) is 5.26 Å². The highest BCUT2D eigenvalue weighted by atomic mass is 14.3. The molecule has 0 aromatic heterocycles. The summed E-state index contributed by atoms with van der Waals surface area (Å²) in [6, 6.07) is 2.12. The summed E-state index contributed by atoms with van der Waals surface area (Å²) in [5, 5.41) is 8.73. The Labute approximate surface area is 88.1 Å². The summed E-state index contributed by atoms with van der Waals surface area (Å²) in [5.74, 6) is 1.22. The summed E-state index contributed by atoms with van der Waals surface area (Å²) in [4.78, 5) is 0. The average molecular weight is 191 g/mol. The second kappa shape index (κ2) is 5.65. The van der Waals surface area contributed by atoms with Gasteiger partial charge < -0.3 is 0 Å². The maximum Gasteiger partial charge on any atom is 0.0943 e. The molecule has 2 unspecified atom stereocenters. The van der Waals surface area contributed by atoms with Crippen molar-refractivity contribution >= 4 is 0 Å². The zero-order valence-electron chi connectivity index (χ0n) is 9.96. The maximum absolute atomic E-state index is 8.73. The van der Waals surface area contributed by atoms with Crippen LogP contribution in [0, 0.1) is 29.1 Å². The van der Waals surface area contributed by atoms with E-state index in [4.69, 9.17) is 5.26 Å². The van der Waals surface area contributed by atoms with Crippen molar-refractivity contribution in [2.45, 2.75) is 34.6 Å². The molecule has 0 aliphatic heterocycles. The largest absolute Gasteiger partial charge is 0.193 e. The molecule has 1 nitrogen and oxygen atoms in total. The van der Waals surface area contributed by atoms with Crippen molar-refractivity contribution in [3.05, 3.63) is 23.8 Å². The predicted molar refractivity (Wildman–Crippen MR) is 61.7 cm³/mol. The quantitative estimate of drug-likeness (QED) is 0.487. The molecule has 0 saturated heterocycles. The summed E-state index contributed by atoms with van der Waals surface area (Å²) in [6.45, 7) is 14.5. The summed E-state index contributed by atoms with van der Waals surface area (Å²) >= 11 is 0. The Morgan fingerprint density at radius 3 is 2.14 bits per heavy atom. The Morgan fingerprint density at radius 2 is 1.79 bits per heavy atom. The van der Waals surface area contributed by atoms with Crippen LogP contribution < -0.4 is 0 Å². The van der Waals surface area contributed by atoms with Crippen molar-refractivity contribution in [1.82, 2.24) is 0 Å². The molecule has 0 spiro atoms. The van der Waals surface area contributed by atoms with Gasteiger partial charge in [0.25, 0.3) is 0 Å². The molecule has 0 N–H and O–H groups in total. The van der Waals surface area contributed by atoms with Gasteiger partial charge in [-0.25, -0.2) is 0 Å². The van der Waals surface area contributed by atoms with Crippen LogP contribution in [0.3, 0.4) is 0 Å². The topological polar surface area (TPSA) is 23.8 Å². The third-order valence-electron chi connectivity index (χ3n) is 2.92. The molecule has 1 heteroatoms. The van der Waals surface area contributed by atoms with Crippen molar-refractivity contribution in [2.75, 3.05) is 0 Å². The van der Waals surface area contributed by atoms with Gasteiger partial charge >= 0.3 is 0 Å². The van der Waals surface area contributed by atoms with Gasteiger partial charge in [0, 0.05) is 5.57 Å². The number of hydrogen-bond donors (Lipinski definition) is 0. The fourth-order valence-corrected chi connectivity index (χ4v) is 1.17. The fourth-order valence-electron chi connectivity index (χ4n) is 1.17. The Balaban J connectivity index is 4.50. The first-order valence-corrected chi connectivity index (χ1v) is 5.17. The molecule has 0 bridgehead atoms. The molecule has 0 aromatic carbocycles. The molecule has 0 radical (unpaired) electrons. The SMILES string of the molecule is C=C(C#N)C(C)C(C)/C=C(/C)C(C)C. The van der Waals surface area contributed by atoms with E-state index in [0.717, 1.165) is 0 Å². The minimum atomic E-state index is 0.244. The van der Waals surface area contributed by atoms with Gasteiger partial charge in [-0.1, -0.05) is 45.9 Å². The summed E-state index contributed by atoms with van der Waals surface area (Å²) in [6.07, 6.45) is 2.25. The molecule has 0 aliphatic rings. The van der Waals surface area contributed by atoms with Crippen LogP contribution in [0.2, 0.25) is 0 Å². The van der Waals surface area contributed by atoms with E-state index in [-0.39, 0.29) is 5.92 Å². The second-order valence-electron chi connectivity index (χ2n) is 4.35. The highest BCUT2D eigenvalue weighted by Crippen LogP contribution is 2.22. The number of allylic oxidation sites excluding steroid dienone is 3. The van der Waals surface area contributed by atoms with Crippen LogP contribution in [0.1, 0.15) is 34.6 Å². The van der Waals surface area contributed by atoms with Gasteiger partial charge in [-0.3, -0.25) is 0 Å². The summed E-state index contributed by atoms with van der Waals surface area (Å²) in [5.41, 5.74) is 2.06. The fraction of sp³-hybridized carbons (Fsp3) is 0.615. The van der Waals surface area contributed by atoms with Crippen LogP contribution in [0.4, 0.5) is 0 Å². The van der Waals surface area contributed by atoms with Crippen LogP contribution in [-0.4, -0.2) is 0 Å². The molecule has 0 rings (SSSR count). The lowest BCUT2D eigenvalue weighted by atomic mass is 9.87. The van der Waals surface area contributed by atoms with Crippen LogP contribution in [0.15, 0.2) is 23.8 Å². The van der Waals surface area contributed by atoms with Gasteiger partial charge in [0.1, 0.15) is 0 Å². The van der Waals surface area contributed by atoms with E-state index in [2.05, 4.69) is 53.3 Å². The molecule has 14 heavy (non-hydrogen) atoms. The molecule has 0 fully saturated rings. The van der Waals surface area contributed by atoms with Crippen LogP contribution in [-0.2, 0) is 0 Å². The van der Waals surface area contributed by atoms with Gasteiger partial charge in [0.15, 0.2) is 0 Å². The van der Waals surface area contributed by atoms with Gasteiger partial charge in [0.05, 0.1) is 6.07 Å². The highest BCUT2D eigenvalue weighted by Gasteiger charge is 2.13. The molecule has 0 aromatic rings. The van der Waals surface area contributed by atoms with E-state index in [0.29, 0.717) is 17.4 Å². The van der Waals surface area contributed by atoms with Gasteiger partial charge in [-0.05, 0) is 24.7 Å². The zero-order valence-corrected chi connectivity index (χ0v) is 9.96. The molecular weight excluding hydrogens is 170 g/mol. The van der Waals surface area contributed by atoms with Crippen molar-refractivity contribution in [3.8, 4) is 6.07 Å². The number of rotatable bonds is 4. The smallest absolute Gasteiger partial charge is 0.0943 e. The number of nitrogens with zero attached hydrogens (tertiary/aromatic N) is 1. The lowest BCUT2D eigenvalue weighted by Gasteiger charge is -2.17. The van der Waals surface area contributed by atoms with E-state index in [1.54, 1.807) is 0 Å². The lowest BCUT2D eigenvalue weighted by molar-refractivity contribution is 0.534. The second-order valence-corrected chi connectivity index (χ2v) is 4.35. The first-order chi connectivity index (χ1) is 6.40. The lowest BCUT2D eigenvalue weighted by Crippen LogP contribution is -2.08. The predicted octanol–water partition coefficient (Wildman–Crippen LogP) is 3.94. The standard InChI is InChI=1S/C13H21N/c1-9(2)10(3)7-11(4)13(6)12(5)8-14/h7,9,11,13H,5H2,1-4,6H3/b10-7-. The first kappa shape index (κ1) is 13.0. The normalized spacial score (nSPS) is 16.2. The Bertz CT molecular complexity index is 265. The van der Waals surface area contributed by atoms with Gasteiger partial charge in [0.2, 0.25) is 0 Å². The first-order valence-electron chi connectivity index (χ1n) is 5.17. The van der Waals surface area contributed by atoms with Crippen molar-refractivity contribution in [3.63, 3.8) is 0 Å². The van der Waals surface area contributed by atoms with Crippen LogP contribution >= 0.6 is 0 Å². The molecule has 0 aliphatic carbocycles. The highest BCUT2D eigenvalue weighted by molar-refractivity contribution is 5.21. The molecule has 0 heterocycles. The van der Waals surface area contributed by atoms with Crippen LogP contribution in [0.25, 0.3) is 0 Å².